The highest BCUT2D eigenvalue weighted by Crippen LogP contribution is 2.30. The number of hydrogen-bond donors (Lipinski definition) is 2. The highest BCUT2D eigenvalue weighted by Gasteiger charge is 2.32. The predicted octanol–water partition coefficient (Wildman–Crippen LogP) is 2.67. The number of amides is 1. The molecule has 0 aromatic heterocycles. The molecule has 0 unspecified atom stereocenters. The molecule has 3 N–H and O–H groups in total. The van der Waals surface area contributed by atoms with Gasteiger partial charge in [0.25, 0.3) is 0 Å². The summed E-state index contributed by atoms with van der Waals surface area (Å²) in [4.78, 5) is 14.7. The van der Waals surface area contributed by atoms with E-state index in [1.807, 2.05) is 0 Å². The lowest BCUT2D eigenvalue weighted by atomic mass is 9.80. The van der Waals surface area contributed by atoms with Crippen LogP contribution >= 0.6 is 23.8 Å². The summed E-state index contributed by atoms with van der Waals surface area (Å²) in [5, 5.41) is 3.52. The summed E-state index contributed by atoms with van der Waals surface area (Å²) in [5.41, 5.74) is 6.47. The Balaban J connectivity index is 1.82. The second-order valence-electron chi connectivity index (χ2n) is 5.76. The predicted molar refractivity (Wildman–Crippen MR) is 90.6 cm³/mol. The van der Waals surface area contributed by atoms with Crippen molar-refractivity contribution in [2.24, 2.45) is 11.1 Å². The summed E-state index contributed by atoms with van der Waals surface area (Å²) >= 11 is 10.9. The molecular formula is C15H20ClN3OS. The van der Waals surface area contributed by atoms with Gasteiger partial charge in [-0.05, 0) is 50.2 Å². The molecule has 1 aliphatic heterocycles. The molecule has 1 fully saturated rings. The first-order valence-electron chi connectivity index (χ1n) is 6.97. The number of carbonyl (C=O) groups is 1. The molecule has 1 aromatic carbocycles. The van der Waals surface area contributed by atoms with Gasteiger partial charge in [0, 0.05) is 16.1 Å². The number of rotatable bonds is 4. The maximum absolute atomic E-state index is 12.0. The first kappa shape index (κ1) is 16.2. The molecule has 1 aromatic rings. The number of carbonyl (C=O) groups excluding carboxylic acids is 1. The summed E-state index contributed by atoms with van der Waals surface area (Å²) in [6.07, 6.45) is 1.80. The van der Waals surface area contributed by atoms with Gasteiger partial charge < -0.3 is 11.1 Å². The van der Waals surface area contributed by atoms with E-state index in [9.17, 15) is 4.79 Å². The van der Waals surface area contributed by atoms with Crippen LogP contribution in [-0.4, -0.2) is 35.4 Å². The van der Waals surface area contributed by atoms with Gasteiger partial charge in [0.15, 0.2) is 0 Å². The minimum Gasteiger partial charge on any atom is -0.393 e. The monoisotopic (exact) mass is 325 g/mol. The Morgan fingerprint density at radius 1 is 1.38 bits per heavy atom. The van der Waals surface area contributed by atoms with Gasteiger partial charge in [-0.2, -0.15) is 0 Å². The number of nitrogens with one attached hydrogen (secondary N) is 1. The molecule has 0 spiro atoms. The van der Waals surface area contributed by atoms with Gasteiger partial charge in [-0.3, -0.25) is 9.69 Å². The van der Waals surface area contributed by atoms with Crippen LogP contribution in [0, 0.1) is 5.41 Å². The first-order valence-corrected chi connectivity index (χ1v) is 7.75. The third kappa shape index (κ3) is 4.40. The van der Waals surface area contributed by atoms with Crippen molar-refractivity contribution in [3.63, 3.8) is 0 Å². The van der Waals surface area contributed by atoms with Gasteiger partial charge in [0.2, 0.25) is 5.91 Å². The van der Waals surface area contributed by atoms with Crippen LogP contribution in [0.4, 0.5) is 5.69 Å². The minimum atomic E-state index is -0.0709. The number of likely N-dealkylation sites (tertiary alicyclic amines) is 1. The van der Waals surface area contributed by atoms with E-state index in [0.717, 1.165) is 31.6 Å². The molecule has 6 heteroatoms. The molecule has 0 radical (unpaired) electrons. The number of benzene rings is 1. The van der Waals surface area contributed by atoms with Crippen molar-refractivity contribution < 1.29 is 4.79 Å². The molecule has 1 aliphatic rings. The Hall–Kier alpha value is -1.17. The van der Waals surface area contributed by atoms with Crippen LogP contribution in [0.15, 0.2) is 24.3 Å². The van der Waals surface area contributed by atoms with E-state index in [-0.39, 0.29) is 11.3 Å². The molecule has 1 amide bonds. The maximum atomic E-state index is 12.0. The first-order chi connectivity index (χ1) is 9.89. The zero-order valence-electron chi connectivity index (χ0n) is 12.1. The van der Waals surface area contributed by atoms with Crippen LogP contribution in [0.25, 0.3) is 0 Å². The average Bonchev–Trinajstić information content (AvgIpc) is 2.44. The quantitative estimate of drug-likeness (QED) is 0.836. The van der Waals surface area contributed by atoms with E-state index in [4.69, 9.17) is 29.6 Å². The third-order valence-electron chi connectivity index (χ3n) is 4.05. The molecule has 1 heterocycles. The van der Waals surface area contributed by atoms with Crippen molar-refractivity contribution >= 4 is 40.4 Å². The van der Waals surface area contributed by atoms with Crippen LogP contribution < -0.4 is 11.1 Å². The smallest absolute Gasteiger partial charge is 0.238 e. The average molecular weight is 326 g/mol. The number of nitrogens with zero attached hydrogens (tertiary/aromatic N) is 1. The SMILES string of the molecule is CC1(C(N)=S)CCN(CC(=O)Nc2ccc(Cl)cc2)CC1. The molecule has 114 valence electrons. The summed E-state index contributed by atoms with van der Waals surface area (Å²) in [6.45, 7) is 4.15. The lowest BCUT2D eigenvalue weighted by molar-refractivity contribution is -0.117. The number of anilines is 1. The molecule has 0 saturated carbocycles. The zero-order chi connectivity index (χ0) is 15.5. The third-order valence-corrected chi connectivity index (χ3v) is 4.79. The van der Waals surface area contributed by atoms with Crippen LogP contribution in [0.5, 0.6) is 0 Å². The topological polar surface area (TPSA) is 58.4 Å². The van der Waals surface area contributed by atoms with Crippen LogP contribution in [-0.2, 0) is 4.79 Å². The van der Waals surface area contributed by atoms with E-state index < -0.39 is 0 Å². The van der Waals surface area contributed by atoms with Crippen molar-refractivity contribution in [3.05, 3.63) is 29.3 Å². The second-order valence-corrected chi connectivity index (χ2v) is 6.63. The van der Waals surface area contributed by atoms with Gasteiger partial charge in [0.1, 0.15) is 0 Å². The number of halogens is 1. The van der Waals surface area contributed by atoms with E-state index in [1.54, 1.807) is 24.3 Å². The molecule has 1 saturated heterocycles. The van der Waals surface area contributed by atoms with E-state index in [0.29, 0.717) is 16.6 Å². The summed E-state index contributed by atoms with van der Waals surface area (Å²) in [6, 6.07) is 7.10. The fraction of sp³-hybridized carbons (Fsp3) is 0.467. The van der Waals surface area contributed by atoms with Crippen LogP contribution in [0.3, 0.4) is 0 Å². The van der Waals surface area contributed by atoms with Gasteiger partial charge in [-0.25, -0.2) is 0 Å². The van der Waals surface area contributed by atoms with Crippen molar-refractivity contribution in [2.45, 2.75) is 19.8 Å². The van der Waals surface area contributed by atoms with E-state index in [2.05, 4.69) is 17.1 Å². The van der Waals surface area contributed by atoms with E-state index in [1.165, 1.54) is 0 Å². The largest absolute Gasteiger partial charge is 0.393 e. The van der Waals surface area contributed by atoms with Gasteiger partial charge in [0.05, 0.1) is 11.5 Å². The zero-order valence-corrected chi connectivity index (χ0v) is 13.6. The van der Waals surface area contributed by atoms with E-state index >= 15 is 0 Å². The fourth-order valence-electron chi connectivity index (χ4n) is 2.39. The molecule has 0 atom stereocenters. The number of hydrogen-bond acceptors (Lipinski definition) is 3. The minimum absolute atomic E-state index is 0.0174. The van der Waals surface area contributed by atoms with Crippen LogP contribution in [0.1, 0.15) is 19.8 Å². The van der Waals surface area contributed by atoms with Gasteiger partial charge >= 0.3 is 0 Å². The summed E-state index contributed by atoms with van der Waals surface area (Å²) in [7, 11) is 0. The highest BCUT2D eigenvalue weighted by molar-refractivity contribution is 7.80. The van der Waals surface area contributed by atoms with Gasteiger partial charge in [-0.1, -0.05) is 30.7 Å². The normalized spacial score (nSPS) is 18.2. The lowest BCUT2D eigenvalue weighted by Gasteiger charge is -2.38. The number of nitrogens with two attached hydrogens (primary N) is 1. The molecular weight excluding hydrogens is 306 g/mol. The Morgan fingerprint density at radius 3 is 2.48 bits per heavy atom. The Bertz CT molecular complexity index is 524. The summed E-state index contributed by atoms with van der Waals surface area (Å²) in [5.74, 6) is -0.0174. The Kier molecular flexibility index (Phi) is 5.19. The molecule has 0 aliphatic carbocycles. The van der Waals surface area contributed by atoms with Gasteiger partial charge in [-0.15, -0.1) is 0 Å². The number of piperidine rings is 1. The molecule has 0 bridgehead atoms. The Labute approximate surface area is 135 Å². The highest BCUT2D eigenvalue weighted by atomic mass is 35.5. The lowest BCUT2D eigenvalue weighted by Crippen LogP contribution is -2.46. The van der Waals surface area contributed by atoms with Crippen molar-refractivity contribution in [2.75, 3.05) is 25.0 Å². The molecule has 4 nitrogen and oxygen atoms in total. The second kappa shape index (κ2) is 6.73. The number of thiocarbonyl (C=S) groups is 1. The van der Waals surface area contributed by atoms with Crippen molar-refractivity contribution in [1.82, 2.24) is 4.90 Å². The van der Waals surface area contributed by atoms with Crippen molar-refractivity contribution in [3.8, 4) is 0 Å². The summed E-state index contributed by atoms with van der Waals surface area (Å²) < 4.78 is 0. The fourth-order valence-corrected chi connectivity index (χ4v) is 2.72. The molecule has 2 rings (SSSR count). The standard InChI is InChI=1S/C15H20ClN3OS/c1-15(14(17)21)6-8-19(9-7-15)10-13(20)18-12-4-2-11(16)3-5-12/h2-5H,6-10H2,1H3,(H2,17,21)(H,18,20). The van der Waals surface area contributed by atoms with Crippen LogP contribution in [0.2, 0.25) is 5.02 Å². The van der Waals surface area contributed by atoms with Crippen molar-refractivity contribution in [1.29, 1.82) is 0 Å². The molecule has 21 heavy (non-hydrogen) atoms. The Morgan fingerprint density at radius 2 is 1.95 bits per heavy atom. The maximum Gasteiger partial charge on any atom is 0.238 e.